The van der Waals surface area contributed by atoms with E-state index in [1.165, 1.54) is 12.0 Å². The van der Waals surface area contributed by atoms with Crippen molar-refractivity contribution in [2.45, 2.75) is 25.2 Å². The molecule has 0 bridgehead atoms. The number of nitrogens with zero attached hydrogens (tertiary/aromatic N) is 3. The van der Waals surface area contributed by atoms with Crippen LogP contribution in [-0.4, -0.2) is 62.5 Å². The minimum atomic E-state index is 0.245. The molecule has 154 valence electrons. The van der Waals surface area contributed by atoms with Crippen molar-refractivity contribution >= 4 is 11.6 Å². The van der Waals surface area contributed by atoms with Crippen molar-refractivity contribution in [3.05, 3.63) is 66.2 Å². The molecule has 2 fully saturated rings. The Morgan fingerprint density at radius 1 is 1.03 bits per heavy atom. The first kappa shape index (κ1) is 20.0. The minimum absolute atomic E-state index is 0.245. The van der Waals surface area contributed by atoms with Crippen LogP contribution in [-0.2, 0) is 4.79 Å². The largest absolute Gasteiger partial charge is 0.365 e. The highest BCUT2D eigenvalue weighted by atomic mass is 16.2. The maximum Gasteiger partial charge on any atom is 0.242 e. The molecule has 2 aromatic carbocycles. The van der Waals surface area contributed by atoms with Gasteiger partial charge in [-0.15, -0.1) is 0 Å². The lowest BCUT2D eigenvalue weighted by molar-refractivity contribution is -0.132. The summed E-state index contributed by atoms with van der Waals surface area (Å²) in [5.41, 5.74) is 2.89. The Hall–Kier alpha value is -2.33. The van der Waals surface area contributed by atoms with Crippen molar-refractivity contribution < 1.29 is 4.79 Å². The fourth-order valence-electron chi connectivity index (χ4n) is 5.28. The molecule has 0 aliphatic carbocycles. The van der Waals surface area contributed by atoms with E-state index in [0.717, 1.165) is 44.7 Å². The smallest absolute Gasteiger partial charge is 0.242 e. The zero-order valence-corrected chi connectivity index (χ0v) is 17.8. The zero-order chi connectivity index (χ0) is 20.3. The molecule has 1 spiro atoms. The lowest BCUT2D eigenvalue weighted by Gasteiger charge is -2.49. The molecule has 0 N–H and O–H groups in total. The van der Waals surface area contributed by atoms with E-state index in [1.807, 2.05) is 30.1 Å². The molecule has 0 saturated carbocycles. The summed E-state index contributed by atoms with van der Waals surface area (Å²) in [6.45, 7) is 4.51. The summed E-state index contributed by atoms with van der Waals surface area (Å²) < 4.78 is 0. The third-order valence-electron chi connectivity index (χ3n) is 6.83. The van der Waals surface area contributed by atoms with Gasteiger partial charge in [-0.2, -0.15) is 0 Å². The van der Waals surface area contributed by atoms with Gasteiger partial charge in [0.2, 0.25) is 5.91 Å². The lowest BCUT2D eigenvalue weighted by atomic mass is 9.68. The first-order chi connectivity index (χ1) is 14.0. The van der Waals surface area contributed by atoms with E-state index in [0.29, 0.717) is 17.9 Å². The van der Waals surface area contributed by atoms with Gasteiger partial charge in [-0.25, -0.2) is 0 Å². The summed E-state index contributed by atoms with van der Waals surface area (Å²) in [6.07, 6.45) is 3.47. The summed E-state index contributed by atoms with van der Waals surface area (Å²) >= 11 is 0. The number of amides is 1. The Bertz CT molecular complexity index is 799. The second-order valence-corrected chi connectivity index (χ2v) is 9.08. The van der Waals surface area contributed by atoms with Crippen molar-refractivity contribution in [1.82, 2.24) is 9.80 Å². The van der Waals surface area contributed by atoms with Crippen molar-refractivity contribution in [2.75, 3.05) is 51.7 Å². The number of likely N-dealkylation sites (tertiary alicyclic amines) is 2. The van der Waals surface area contributed by atoms with Crippen LogP contribution in [0.15, 0.2) is 60.7 Å². The molecule has 2 saturated heterocycles. The van der Waals surface area contributed by atoms with Gasteiger partial charge in [-0.3, -0.25) is 4.79 Å². The van der Waals surface area contributed by atoms with Crippen molar-refractivity contribution in [3.8, 4) is 0 Å². The van der Waals surface area contributed by atoms with Crippen LogP contribution in [0.25, 0.3) is 0 Å². The average Bonchev–Trinajstić information content (AvgIpc) is 2.75. The van der Waals surface area contributed by atoms with E-state index >= 15 is 0 Å². The van der Waals surface area contributed by atoms with E-state index in [9.17, 15) is 4.79 Å². The molecule has 0 radical (unpaired) electrons. The molecule has 0 aromatic heterocycles. The highest BCUT2D eigenvalue weighted by Gasteiger charge is 2.42. The fourth-order valence-corrected chi connectivity index (χ4v) is 5.28. The SMILES string of the molecule is CN1C[C@@H](c2ccccc2)CC2(CCN(C(=O)CN(C)c3ccccc3)CC2)C1. The first-order valence-electron chi connectivity index (χ1n) is 10.8. The number of likely N-dealkylation sites (N-methyl/N-ethyl adjacent to an activating group) is 2. The van der Waals surface area contributed by atoms with E-state index in [-0.39, 0.29) is 5.91 Å². The van der Waals surface area contributed by atoms with Crippen LogP contribution in [0.3, 0.4) is 0 Å². The normalized spacial score (nSPS) is 21.9. The predicted octanol–water partition coefficient (Wildman–Crippen LogP) is 3.85. The number of rotatable bonds is 4. The van der Waals surface area contributed by atoms with Gasteiger partial charge in [0.25, 0.3) is 0 Å². The average molecular weight is 392 g/mol. The Balaban J connectivity index is 1.36. The summed E-state index contributed by atoms with van der Waals surface area (Å²) in [5.74, 6) is 0.844. The number of benzene rings is 2. The zero-order valence-electron chi connectivity index (χ0n) is 17.8. The van der Waals surface area contributed by atoms with Gasteiger partial charge in [0.15, 0.2) is 0 Å². The molecule has 4 rings (SSSR count). The Labute approximate surface area is 175 Å². The van der Waals surface area contributed by atoms with E-state index in [4.69, 9.17) is 0 Å². The molecule has 29 heavy (non-hydrogen) atoms. The van der Waals surface area contributed by atoms with Crippen molar-refractivity contribution in [3.63, 3.8) is 0 Å². The highest BCUT2D eigenvalue weighted by Crippen LogP contribution is 2.44. The number of hydrogen-bond acceptors (Lipinski definition) is 3. The van der Waals surface area contributed by atoms with Crippen LogP contribution in [0.4, 0.5) is 5.69 Å². The molecule has 2 aliphatic heterocycles. The summed E-state index contributed by atoms with van der Waals surface area (Å²) in [7, 11) is 4.25. The first-order valence-corrected chi connectivity index (χ1v) is 10.8. The predicted molar refractivity (Wildman–Crippen MR) is 119 cm³/mol. The maximum absolute atomic E-state index is 12.9. The van der Waals surface area contributed by atoms with Crippen LogP contribution in [0.2, 0.25) is 0 Å². The topological polar surface area (TPSA) is 26.8 Å². The monoisotopic (exact) mass is 391 g/mol. The summed E-state index contributed by atoms with van der Waals surface area (Å²) in [4.78, 5) is 19.5. The maximum atomic E-state index is 12.9. The Morgan fingerprint density at radius 3 is 2.31 bits per heavy atom. The number of carbonyl (C=O) groups is 1. The molecule has 0 unspecified atom stereocenters. The van der Waals surface area contributed by atoms with Gasteiger partial charge >= 0.3 is 0 Å². The number of hydrogen-bond donors (Lipinski definition) is 0. The van der Waals surface area contributed by atoms with Crippen molar-refractivity contribution in [2.24, 2.45) is 5.41 Å². The molecular weight excluding hydrogens is 358 g/mol. The lowest BCUT2D eigenvalue weighted by Crippen LogP contribution is -2.52. The van der Waals surface area contributed by atoms with Crippen LogP contribution >= 0.6 is 0 Å². The van der Waals surface area contributed by atoms with E-state index in [2.05, 4.69) is 59.3 Å². The second-order valence-electron chi connectivity index (χ2n) is 9.08. The van der Waals surface area contributed by atoms with Crippen LogP contribution < -0.4 is 4.90 Å². The molecule has 1 atom stereocenters. The van der Waals surface area contributed by atoms with Gasteiger partial charge < -0.3 is 14.7 Å². The van der Waals surface area contributed by atoms with Gasteiger partial charge in [-0.1, -0.05) is 48.5 Å². The van der Waals surface area contributed by atoms with E-state index in [1.54, 1.807) is 0 Å². The summed E-state index contributed by atoms with van der Waals surface area (Å²) in [6, 6.07) is 21.1. The number of para-hydroxylation sites is 1. The number of piperidine rings is 2. The third kappa shape index (κ3) is 4.64. The van der Waals surface area contributed by atoms with Gasteiger partial charge in [-0.05, 0) is 55.3 Å². The Morgan fingerprint density at radius 2 is 1.66 bits per heavy atom. The highest BCUT2D eigenvalue weighted by molar-refractivity contribution is 5.81. The molecular formula is C25H33N3O. The van der Waals surface area contributed by atoms with Crippen LogP contribution in [0.1, 0.15) is 30.7 Å². The molecule has 4 heteroatoms. The molecule has 2 aromatic rings. The second kappa shape index (κ2) is 8.58. The van der Waals surface area contributed by atoms with E-state index < -0.39 is 0 Å². The minimum Gasteiger partial charge on any atom is -0.365 e. The quantitative estimate of drug-likeness (QED) is 0.792. The molecule has 2 aliphatic rings. The number of anilines is 1. The van der Waals surface area contributed by atoms with Crippen LogP contribution in [0.5, 0.6) is 0 Å². The van der Waals surface area contributed by atoms with Gasteiger partial charge in [0.05, 0.1) is 6.54 Å². The fraction of sp³-hybridized carbons (Fsp3) is 0.480. The number of carbonyl (C=O) groups excluding carboxylic acids is 1. The van der Waals surface area contributed by atoms with Crippen LogP contribution in [0, 0.1) is 5.41 Å². The molecule has 2 heterocycles. The van der Waals surface area contributed by atoms with Gasteiger partial charge in [0, 0.05) is 38.9 Å². The third-order valence-corrected chi connectivity index (χ3v) is 6.83. The molecule has 1 amide bonds. The van der Waals surface area contributed by atoms with Crippen molar-refractivity contribution in [1.29, 1.82) is 0 Å². The standard InChI is InChI=1S/C25H33N3O/c1-26-18-22(21-9-5-3-6-10-21)17-25(20-26)13-15-28(16-14-25)24(29)19-27(2)23-11-7-4-8-12-23/h3-12,22H,13-20H2,1-2H3/t22-/m0/s1. The summed E-state index contributed by atoms with van der Waals surface area (Å²) in [5, 5.41) is 0. The Kier molecular flexibility index (Phi) is 5.91. The molecule has 4 nitrogen and oxygen atoms in total. The van der Waals surface area contributed by atoms with Gasteiger partial charge in [0.1, 0.15) is 0 Å².